The molecule has 0 aliphatic heterocycles. The van der Waals surface area contributed by atoms with E-state index in [4.69, 9.17) is 0 Å². The highest BCUT2D eigenvalue weighted by molar-refractivity contribution is 7.17. The minimum Gasteiger partial charge on any atom is -0.347 e. The molecule has 8 heteroatoms. The maximum Gasteiger partial charge on any atom is 0.263 e. The number of aryl methyl sites for hydroxylation is 1. The van der Waals surface area contributed by atoms with E-state index in [-0.39, 0.29) is 11.5 Å². The summed E-state index contributed by atoms with van der Waals surface area (Å²) in [4.78, 5) is 45.6. The summed E-state index contributed by atoms with van der Waals surface area (Å²) in [6.07, 6.45) is 1.46. The van der Waals surface area contributed by atoms with Gasteiger partial charge in [-0.3, -0.25) is 14.4 Å². The number of H-pyrrole nitrogens is 1. The molecule has 7 nitrogen and oxygen atoms in total. The van der Waals surface area contributed by atoms with E-state index < -0.39 is 11.5 Å². The fourth-order valence-electron chi connectivity index (χ4n) is 3.18. The highest BCUT2D eigenvalue weighted by atomic mass is 32.1. The minimum atomic E-state index is -0.545. The van der Waals surface area contributed by atoms with Crippen molar-refractivity contribution >= 4 is 28.8 Å². The van der Waals surface area contributed by atoms with Crippen LogP contribution in [0.25, 0.3) is 10.6 Å². The zero-order chi connectivity index (χ0) is 22.5. The van der Waals surface area contributed by atoms with Crippen LogP contribution in [0.2, 0.25) is 0 Å². The van der Waals surface area contributed by atoms with Crippen molar-refractivity contribution in [2.24, 2.45) is 0 Å². The molecule has 2 amide bonds. The van der Waals surface area contributed by atoms with Crippen LogP contribution in [0, 0.1) is 6.92 Å². The predicted octanol–water partition coefficient (Wildman–Crippen LogP) is 3.99. The third-order valence-corrected chi connectivity index (χ3v) is 5.94. The van der Waals surface area contributed by atoms with E-state index in [0.29, 0.717) is 33.4 Å². The lowest BCUT2D eigenvalue weighted by atomic mass is 10.1. The monoisotopic (exact) mass is 444 g/mol. The molecule has 160 valence electrons. The van der Waals surface area contributed by atoms with Gasteiger partial charge in [-0.2, -0.15) is 0 Å². The Morgan fingerprint density at radius 1 is 0.969 bits per heavy atom. The fourth-order valence-corrected chi connectivity index (χ4v) is 4.19. The average molecular weight is 445 g/mol. The second-order valence-electron chi connectivity index (χ2n) is 7.02. The summed E-state index contributed by atoms with van der Waals surface area (Å²) in [5.41, 5.74) is 1.88. The Bertz CT molecular complexity index is 1310. The Labute approximate surface area is 188 Å². The zero-order valence-electron chi connectivity index (χ0n) is 17.2. The normalized spacial score (nSPS) is 10.5. The van der Waals surface area contributed by atoms with Crippen molar-refractivity contribution in [3.63, 3.8) is 0 Å². The van der Waals surface area contributed by atoms with E-state index in [2.05, 4.69) is 20.6 Å². The van der Waals surface area contributed by atoms with E-state index in [9.17, 15) is 14.4 Å². The van der Waals surface area contributed by atoms with Gasteiger partial charge >= 0.3 is 0 Å². The van der Waals surface area contributed by atoms with Crippen LogP contribution in [-0.4, -0.2) is 21.8 Å². The summed E-state index contributed by atoms with van der Waals surface area (Å²) in [6, 6.07) is 20.1. The molecule has 0 aliphatic carbocycles. The maximum atomic E-state index is 12.9. The smallest absolute Gasteiger partial charge is 0.263 e. The number of thiazole rings is 1. The molecule has 4 aromatic rings. The molecule has 0 spiro atoms. The Hall–Kier alpha value is -4.04. The lowest BCUT2D eigenvalue weighted by molar-refractivity contribution is 0.0953. The molecule has 2 heterocycles. The van der Waals surface area contributed by atoms with Gasteiger partial charge in [0.15, 0.2) is 0 Å². The van der Waals surface area contributed by atoms with Crippen molar-refractivity contribution in [3.8, 4) is 10.6 Å². The number of aromatic amines is 1. The number of anilines is 1. The quantitative estimate of drug-likeness (QED) is 0.418. The third kappa shape index (κ3) is 4.65. The summed E-state index contributed by atoms with van der Waals surface area (Å²) in [5.74, 6) is -0.800. The van der Waals surface area contributed by atoms with Gasteiger partial charge in [-0.25, -0.2) is 4.98 Å². The molecule has 0 bridgehead atoms. The fraction of sp³-hybridized carbons (Fsp3) is 0.0833. The van der Waals surface area contributed by atoms with Crippen LogP contribution in [0.1, 0.15) is 31.3 Å². The van der Waals surface area contributed by atoms with E-state index in [0.717, 1.165) is 16.9 Å². The van der Waals surface area contributed by atoms with Crippen LogP contribution in [0.4, 0.5) is 5.69 Å². The molecular formula is C24H20N4O3S. The number of rotatable bonds is 6. The Kier molecular flexibility index (Phi) is 6.23. The Morgan fingerprint density at radius 3 is 2.38 bits per heavy atom. The van der Waals surface area contributed by atoms with Gasteiger partial charge < -0.3 is 15.6 Å². The highest BCUT2D eigenvalue weighted by Crippen LogP contribution is 2.29. The van der Waals surface area contributed by atoms with Crippen molar-refractivity contribution in [1.82, 2.24) is 15.3 Å². The first kappa shape index (κ1) is 21.2. The molecule has 2 aromatic heterocycles. The SMILES string of the molecule is Cc1nc(-c2cc[nH]c(=O)c2C(=O)Nc2ccccc2)sc1C(=O)NCc1ccccc1. The summed E-state index contributed by atoms with van der Waals surface area (Å²) in [5, 5.41) is 6.04. The number of carbonyl (C=O) groups excluding carboxylic acids is 2. The molecule has 2 aromatic carbocycles. The summed E-state index contributed by atoms with van der Waals surface area (Å²) in [6.45, 7) is 2.12. The number of pyridine rings is 1. The standard InChI is InChI=1S/C24H20N4O3S/c1-15-20(23(31)26-14-16-8-4-2-5-9-16)32-24(27-15)18-12-13-25-21(29)19(18)22(30)28-17-10-6-3-7-11-17/h2-13H,14H2,1H3,(H,25,29)(H,26,31)(H,28,30). The molecule has 0 saturated heterocycles. The summed E-state index contributed by atoms with van der Waals surface area (Å²) in [7, 11) is 0. The second kappa shape index (κ2) is 9.40. The molecule has 32 heavy (non-hydrogen) atoms. The van der Waals surface area contributed by atoms with Gasteiger partial charge in [-0.05, 0) is 30.7 Å². The van der Waals surface area contributed by atoms with Crippen LogP contribution in [0.5, 0.6) is 0 Å². The predicted molar refractivity (Wildman–Crippen MR) is 125 cm³/mol. The molecule has 0 saturated carbocycles. The Morgan fingerprint density at radius 2 is 1.66 bits per heavy atom. The molecule has 3 N–H and O–H groups in total. The molecule has 4 rings (SSSR count). The molecular weight excluding hydrogens is 424 g/mol. The van der Waals surface area contributed by atoms with Gasteiger partial charge in [0, 0.05) is 24.0 Å². The molecule has 0 aliphatic rings. The van der Waals surface area contributed by atoms with Gasteiger partial charge in [0.2, 0.25) is 0 Å². The number of hydrogen-bond donors (Lipinski definition) is 3. The number of benzene rings is 2. The van der Waals surface area contributed by atoms with Crippen LogP contribution >= 0.6 is 11.3 Å². The molecule has 0 fully saturated rings. The van der Waals surface area contributed by atoms with Gasteiger partial charge in [-0.15, -0.1) is 11.3 Å². The van der Waals surface area contributed by atoms with Crippen LogP contribution < -0.4 is 16.2 Å². The summed E-state index contributed by atoms with van der Waals surface area (Å²) >= 11 is 1.15. The zero-order valence-corrected chi connectivity index (χ0v) is 18.0. The minimum absolute atomic E-state index is 0.0543. The number of amides is 2. The van der Waals surface area contributed by atoms with Gasteiger partial charge in [0.1, 0.15) is 15.4 Å². The summed E-state index contributed by atoms with van der Waals surface area (Å²) < 4.78 is 0. The van der Waals surface area contributed by atoms with E-state index in [1.165, 1.54) is 6.20 Å². The largest absolute Gasteiger partial charge is 0.347 e. The Balaban J connectivity index is 1.60. The topological polar surface area (TPSA) is 104 Å². The second-order valence-corrected chi connectivity index (χ2v) is 8.02. The van der Waals surface area contributed by atoms with Crippen molar-refractivity contribution < 1.29 is 9.59 Å². The van der Waals surface area contributed by atoms with E-state index >= 15 is 0 Å². The van der Waals surface area contributed by atoms with Crippen molar-refractivity contribution in [2.75, 3.05) is 5.32 Å². The van der Waals surface area contributed by atoms with Gasteiger partial charge in [0.05, 0.1) is 5.69 Å². The van der Waals surface area contributed by atoms with Crippen LogP contribution in [0.15, 0.2) is 77.7 Å². The number of hydrogen-bond acceptors (Lipinski definition) is 5. The van der Waals surface area contributed by atoms with Crippen molar-refractivity contribution in [1.29, 1.82) is 0 Å². The highest BCUT2D eigenvalue weighted by Gasteiger charge is 2.22. The van der Waals surface area contributed by atoms with Crippen molar-refractivity contribution in [3.05, 3.63) is 105 Å². The number of nitrogens with one attached hydrogen (secondary N) is 3. The third-order valence-electron chi connectivity index (χ3n) is 4.75. The number of para-hydroxylation sites is 1. The number of aromatic nitrogens is 2. The molecule has 0 atom stereocenters. The van der Waals surface area contributed by atoms with Gasteiger partial charge in [0.25, 0.3) is 17.4 Å². The van der Waals surface area contributed by atoms with E-state index in [1.54, 1.807) is 37.3 Å². The van der Waals surface area contributed by atoms with E-state index in [1.807, 2.05) is 36.4 Å². The average Bonchev–Trinajstić information content (AvgIpc) is 3.20. The van der Waals surface area contributed by atoms with Crippen LogP contribution in [-0.2, 0) is 6.54 Å². The number of nitrogens with zero attached hydrogens (tertiary/aromatic N) is 1. The lowest BCUT2D eigenvalue weighted by Gasteiger charge is -2.07. The first-order chi connectivity index (χ1) is 15.5. The first-order valence-corrected chi connectivity index (χ1v) is 10.7. The molecule has 0 radical (unpaired) electrons. The van der Waals surface area contributed by atoms with Crippen LogP contribution in [0.3, 0.4) is 0 Å². The maximum absolute atomic E-state index is 12.9. The molecule has 0 unspecified atom stereocenters. The van der Waals surface area contributed by atoms with Gasteiger partial charge in [-0.1, -0.05) is 48.5 Å². The van der Waals surface area contributed by atoms with Crippen molar-refractivity contribution in [2.45, 2.75) is 13.5 Å². The lowest BCUT2D eigenvalue weighted by Crippen LogP contribution is -2.24. The number of carbonyl (C=O) groups is 2. The first-order valence-electron chi connectivity index (χ1n) is 9.91.